The van der Waals surface area contributed by atoms with Crippen molar-refractivity contribution < 1.29 is 4.79 Å². The zero-order chi connectivity index (χ0) is 11.5. The molecule has 0 atom stereocenters. The van der Waals surface area contributed by atoms with Crippen LogP contribution in [0.2, 0.25) is 0 Å². The van der Waals surface area contributed by atoms with Crippen molar-refractivity contribution in [3.05, 3.63) is 17.0 Å². The summed E-state index contributed by atoms with van der Waals surface area (Å²) in [7, 11) is 0. The second-order valence-electron chi connectivity index (χ2n) is 4.50. The lowest BCUT2D eigenvalue weighted by Crippen LogP contribution is -2.27. The van der Waals surface area contributed by atoms with Crippen LogP contribution in [0.4, 0.5) is 0 Å². The summed E-state index contributed by atoms with van der Waals surface area (Å²) in [4.78, 5) is 13.8. The Labute approximate surface area is 96.0 Å². The second kappa shape index (κ2) is 4.68. The van der Waals surface area contributed by atoms with Gasteiger partial charge in [0.15, 0.2) is 0 Å². The Kier molecular flexibility index (Phi) is 3.27. The van der Waals surface area contributed by atoms with Gasteiger partial charge in [0.2, 0.25) is 5.91 Å². The fraction of sp³-hybridized carbons (Fsp3) is 0.667. The van der Waals surface area contributed by atoms with Gasteiger partial charge < -0.3 is 4.90 Å². The van der Waals surface area contributed by atoms with Crippen molar-refractivity contribution in [2.75, 3.05) is 13.1 Å². The summed E-state index contributed by atoms with van der Waals surface area (Å²) in [6.07, 6.45) is 3.75. The number of hydrogen-bond donors (Lipinski definition) is 1. The van der Waals surface area contributed by atoms with Gasteiger partial charge in [-0.3, -0.25) is 9.89 Å². The molecule has 4 heteroatoms. The van der Waals surface area contributed by atoms with Crippen LogP contribution in [-0.2, 0) is 11.2 Å². The minimum Gasteiger partial charge on any atom is -0.343 e. The standard InChI is InChI=1S/C12H19N3O/c1-9-11(10(2)14-13-9)5-6-12(16)15-7-3-4-8-15/h3-8H2,1-2H3,(H,13,14). The smallest absolute Gasteiger partial charge is 0.222 e. The minimum absolute atomic E-state index is 0.289. The van der Waals surface area contributed by atoms with Gasteiger partial charge in [0.1, 0.15) is 0 Å². The van der Waals surface area contributed by atoms with E-state index in [1.54, 1.807) is 0 Å². The number of carbonyl (C=O) groups excluding carboxylic acids is 1. The molecule has 0 radical (unpaired) electrons. The molecule has 2 rings (SSSR count). The lowest BCUT2D eigenvalue weighted by molar-refractivity contribution is -0.130. The second-order valence-corrected chi connectivity index (χ2v) is 4.50. The Morgan fingerprint density at radius 1 is 1.38 bits per heavy atom. The molecular formula is C12H19N3O. The monoisotopic (exact) mass is 221 g/mol. The zero-order valence-corrected chi connectivity index (χ0v) is 10.0. The molecule has 1 aliphatic heterocycles. The number of H-pyrrole nitrogens is 1. The maximum atomic E-state index is 11.9. The van der Waals surface area contributed by atoms with Gasteiger partial charge in [-0.1, -0.05) is 0 Å². The average molecular weight is 221 g/mol. The van der Waals surface area contributed by atoms with Crippen molar-refractivity contribution in [3.8, 4) is 0 Å². The summed E-state index contributed by atoms with van der Waals surface area (Å²) >= 11 is 0. The van der Waals surface area contributed by atoms with E-state index >= 15 is 0 Å². The van der Waals surface area contributed by atoms with E-state index in [1.807, 2.05) is 18.7 Å². The Bertz CT molecular complexity index is 358. The molecule has 0 aliphatic carbocycles. The van der Waals surface area contributed by atoms with Gasteiger partial charge in [0, 0.05) is 25.2 Å². The van der Waals surface area contributed by atoms with Crippen LogP contribution < -0.4 is 0 Å². The minimum atomic E-state index is 0.289. The van der Waals surface area contributed by atoms with Gasteiger partial charge in [0.25, 0.3) is 0 Å². The number of aromatic nitrogens is 2. The number of aryl methyl sites for hydroxylation is 2. The van der Waals surface area contributed by atoms with Crippen LogP contribution in [0.5, 0.6) is 0 Å². The molecule has 1 saturated heterocycles. The molecule has 1 N–H and O–H groups in total. The number of aromatic amines is 1. The third kappa shape index (κ3) is 2.26. The van der Waals surface area contributed by atoms with Crippen molar-refractivity contribution in [3.63, 3.8) is 0 Å². The first kappa shape index (κ1) is 11.2. The van der Waals surface area contributed by atoms with E-state index in [1.165, 1.54) is 5.56 Å². The van der Waals surface area contributed by atoms with Crippen LogP contribution in [0.15, 0.2) is 0 Å². The van der Waals surface area contributed by atoms with Gasteiger partial charge in [-0.05, 0) is 38.7 Å². The lowest BCUT2D eigenvalue weighted by Gasteiger charge is -2.14. The predicted molar refractivity (Wildman–Crippen MR) is 62.2 cm³/mol. The third-order valence-electron chi connectivity index (χ3n) is 3.33. The highest BCUT2D eigenvalue weighted by molar-refractivity contribution is 5.76. The fourth-order valence-corrected chi connectivity index (χ4v) is 2.30. The predicted octanol–water partition coefficient (Wildman–Crippen LogP) is 1.58. The number of likely N-dealkylation sites (tertiary alicyclic amines) is 1. The van der Waals surface area contributed by atoms with E-state index in [0.29, 0.717) is 6.42 Å². The quantitative estimate of drug-likeness (QED) is 0.842. The first-order valence-electron chi connectivity index (χ1n) is 5.96. The van der Waals surface area contributed by atoms with Crippen LogP contribution in [0.1, 0.15) is 36.2 Å². The van der Waals surface area contributed by atoms with Gasteiger partial charge in [-0.2, -0.15) is 5.10 Å². The molecule has 1 amide bonds. The normalized spacial score (nSPS) is 15.8. The van der Waals surface area contributed by atoms with Gasteiger partial charge >= 0.3 is 0 Å². The van der Waals surface area contributed by atoms with Crippen LogP contribution in [-0.4, -0.2) is 34.1 Å². The third-order valence-corrected chi connectivity index (χ3v) is 3.33. The Morgan fingerprint density at radius 2 is 2.06 bits per heavy atom. The van der Waals surface area contributed by atoms with Crippen molar-refractivity contribution in [2.45, 2.75) is 39.5 Å². The van der Waals surface area contributed by atoms with Crippen LogP contribution in [0, 0.1) is 13.8 Å². The SMILES string of the molecule is Cc1n[nH]c(C)c1CCC(=O)N1CCCC1. The molecule has 0 unspecified atom stereocenters. The van der Waals surface area contributed by atoms with Gasteiger partial charge in [-0.15, -0.1) is 0 Å². The van der Waals surface area contributed by atoms with Crippen LogP contribution in [0.3, 0.4) is 0 Å². The zero-order valence-electron chi connectivity index (χ0n) is 10.0. The summed E-state index contributed by atoms with van der Waals surface area (Å²) in [6, 6.07) is 0. The summed E-state index contributed by atoms with van der Waals surface area (Å²) in [5.74, 6) is 0.289. The van der Waals surface area contributed by atoms with Gasteiger partial charge in [-0.25, -0.2) is 0 Å². The summed E-state index contributed by atoms with van der Waals surface area (Å²) in [6.45, 7) is 5.89. The topological polar surface area (TPSA) is 49.0 Å². The first-order chi connectivity index (χ1) is 7.68. The molecule has 1 aliphatic rings. The van der Waals surface area contributed by atoms with Crippen LogP contribution in [0.25, 0.3) is 0 Å². The molecule has 0 aromatic carbocycles. The Balaban J connectivity index is 1.89. The van der Waals surface area contributed by atoms with Crippen molar-refractivity contribution >= 4 is 5.91 Å². The molecule has 0 bridgehead atoms. The maximum Gasteiger partial charge on any atom is 0.222 e. The molecule has 1 aromatic heterocycles. The van der Waals surface area contributed by atoms with E-state index in [4.69, 9.17) is 0 Å². The number of hydrogen-bond acceptors (Lipinski definition) is 2. The van der Waals surface area contributed by atoms with E-state index in [2.05, 4.69) is 10.2 Å². The largest absolute Gasteiger partial charge is 0.343 e. The molecule has 4 nitrogen and oxygen atoms in total. The molecular weight excluding hydrogens is 202 g/mol. The van der Waals surface area contributed by atoms with Crippen LogP contribution >= 0.6 is 0 Å². The summed E-state index contributed by atoms with van der Waals surface area (Å²) in [5.41, 5.74) is 3.31. The van der Waals surface area contributed by atoms with Crippen molar-refractivity contribution in [1.29, 1.82) is 0 Å². The van der Waals surface area contributed by atoms with E-state index in [9.17, 15) is 4.79 Å². The number of nitrogens with one attached hydrogen (secondary N) is 1. The number of nitrogens with zero attached hydrogens (tertiary/aromatic N) is 2. The van der Waals surface area contributed by atoms with E-state index in [-0.39, 0.29) is 5.91 Å². The van der Waals surface area contributed by atoms with E-state index < -0.39 is 0 Å². The molecule has 1 fully saturated rings. The Morgan fingerprint density at radius 3 is 2.62 bits per heavy atom. The molecule has 88 valence electrons. The van der Waals surface area contributed by atoms with Crippen molar-refractivity contribution in [2.24, 2.45) is 0 Å². The van der Waals surface area contributed by atoms with Crippen molar-refractivity contribution in [1.82, 2.24) is 15.1 Å². The molecule has 0 saturated carbocycles. The lowest BCUT2D eigenvalue weighted by atomic mass is 10.1. The highest BCUT2D eigenvalue weighted by Gasteiger charge is 2.18. The Hall–Kier alpha value is -1.32. The summed E-state index contributed by atoms with van der Waals surface area (Å²) < 4.78 is 0. The molecule has 0 spiro atoms. The first-order valence-corrected chi connectivity index (χ1v) is 5.96. The number of amides is 1. The molecule has 2 heterocycles. The fourth-order valence-electron chi connectivity index (χ4n) is 2.30. The van der Waals surface area contributed by atoms with Gasteiger partial charge in [0.05, 0.1) is 5.69 Å². The maximum absolute atomic E-state index is 11.9. The average Bonchev–Trinajstić information content (AvgIpc) is 2.87. The number of carbonyl (C=O) groups is 1. The molecule has 16 heavy (non-hydrogen) atoms. The highest BCUT2D eigenvalue weighted by Crippen LogP contribution is 2.14. The number of rotatable bonds is 3. The van der Waals surface area contributed by atoms with E-state index in [0.717, 1.165) is 43.7 Å². The highest BCUT2D eigenvalue weighted by atomic mass is 16.2. The summed E-state index contributed by atoms with van der Waals surface area (Å²) in [5, 5.41) is 7.10. The molecule has 1 aromatic rings.